The Kier molecular flexibility index (Phi) is 3.61. The fourth-order valence-corrected chi connectivity index (χ4v) is 2.43. The van der Waals surface area contributed by atoms with E-state index in [4.69, 9.17) is 5.11 Å². The van der Waals surface area contributed by atoms with Crippen LogP contribution in [0.1, 0.15) is 28.8 Å². The third-order valence-electron chi connectivity index (χ3n) is 2.89. The van der Waals surface area contributed by atoms with Crippen LogP contribution in [0, 0.1) is 0 Å². The minimum atomic E-state index is -0.851. The third-order valence-corrected chi connectivity index (χ3v) is 3.39. The summed E-state index contributed by atoms with van der Waals surface area (Å²) < 4.78 is 0.815. The van der Waals surface area contributed by atoms with E-state index in [1.54, 1.807) is 6.07 Å². The molecular weight excluding hydrogens is 270 g/mol. The molecule has 0 spiro atoms. The summed E-state index contributed by atoms with van der Waals surface area (Å²) in [5.41, 5.74) is 1.30. The number of carbonyl (C=O) groups is 1. The second-order valence-corrected chi connectivity index (χ2v) is 5.01. The number of carboxylic acids is 1. The van der Waals surface area contributed by atoms with Gasteiger partial charge < -0.3 is 5.11 Å². The van der Waals surface area contributed by atoms with Crippen LogP contribution in [-0.2, 0) is 6.54 Å². The number of halogens is 1. The number of likely N-dealkylation sites (tertiary alicyclic amines) is 1. The Bertz CT molecular complexity index is 400. The molecule has 0 saturated carbocycles. The van der Waals surface area contributed by atoms with Gasteiger partial charge in [-0.2, -0.15) is 0 Å². The molecule has 1 aromatic rings. The minimum Gasteiger partial charge on any atom is -0.478 e. The number of hydrogen-bond donors (Lipinski definition) is 1. The van der Waals surface area contributed by atoms with E-state index in [9.17, 15) is 4.79 Å². The average molecular weight is 284 g/mol. The Morgan fingerprint density at radius 1 is 1.38 bits per heavy atom. The lowest BCUT2D eigenvalue weighted by atomic mass is 10.1. The Morgan fingerprint density at radius 2 is 2.06 bits per heavy atom. The number of rotatable bonds is 3. The van der Waals surface area contributed by atoms with E-state index in [0.29, 0.717) is 5.56 Å². The molecule has 2 rings (SSSR count). The van der Waals surface area contributed by atoms with Gasteiger partial charge >= 0.3 is 5.97 Å². The zero-order valence-electron chi connectivity index (χ0n) is 8.95. The van der Waals surface area contributed by atoms with E-state index in [1.807, 2.05) is 12.1 Å². The Balaban J connectivity index is 2.21. The fourth-order valence-electron chi connectivity index (χ4n) is 2.07. The molecule has 3 nitrogen and oxygen atoms in total. The maximum absolute atomic E-state index is 11.1. The lowest BCUT2D eigenvalue weighted by Gasteiger charge is -2.16. The van der Waals surface area contributed by atoms with Crippen molar-refractivity contribution in [3.05, 3.63) is 33.8 Å². The molecule has 1 aliphatic rings. The maximum Gasteiger partial charge on any atom is 0.336 e. The summed E-state index contributed by atoms with van der Waals surface area (Å²) in [6.07, 6.45) is 2.44. The number of benzene rings is 1. The highest BCUT2D eigenvalue weighted by Gasteiger charge is 2.16. The molecule has 1 fully saturated rings. The topological polar surface area (TPSA) is 40.5 Å². The summed E-state index contributed by atoms with van der Waals surface area (Å²) in [4.78, 5) is 13.4. The standard InChI is InChI=1S/C12H14BrNO2/c13-10-4-3-9(11(7-10)12(15)16)8-14-5-1-2-6-14/h3-4,7H,1-2,5-6,8H2,(H,15,16). The molecule has 0 atom stereocenters. The smallest absolute Gasteiger partial charge is 0.336 e. The summed E-state index contributed by atoms with van der Waals surface area (Å²) >= 11 is 3.30. The molecule has 1 heterocycles. The van der Waals surface area contributed by atoms with Crippen LogP contribution in [0.2, 0.25) is 0 Å². The minimum absolute atomic E-state index is 0.404. The lowest BCUT2D eigenvalue weighted by Crippen LogP contribution is -2.20. The molecule has 1 N–H and O–H groups in total. The fraction of sp³-hybridized carbons (Fsp3) is 0.417. The van der Waals surface area contributed by atoms with Gasteiger partial charge in [-0.3, -0.25) is 4.90 Å². The van der Waals surface area contributed by atoms with Crippen LogP contribution in [0.5, 0.6) is 0 Å². The molecule has 0 radical (unpaired) electrons. The van der Waals surface area contributed by atoms with Gasteiger partial charge in [-0.15, -0.1) is 0 Å². The first kappa shape index (κ1) is 11.6. The van der Waals surface area contributed by atoms with Crippen LogP contribution in [0.3, 0.4) is 0 Å². The highest BCUT2D eigenvalue weighted by Crippen LogP contribution is 2.20. The van der Waals surface area contributed by atoms with Gasteiger partial charge in [-0.1, -0.05) is 22.0 Å². The van der Waals surface area contributed by atoms with Gasteiger partial charge in [-0.25, -0.2) is 4.79 Å². The molecular formula is C12H14BrNO2. The van der Waals surface area contributed by atoms with Crippen LogP contribution < -0.4 is 0 Å². The second kappa shape index (κ2) is 4.97. The van der Waals surface area contributed by atoms with Crippen LogP contribution in [0.4, 0.5) is 0 Å². The van der Waals surface area contributed by atoms with Gasteiger partial charge in [0, 0.05) is 11.0 Å². The van der Waals surface area contributed by atoms with E-state index in [1.165, 1.54) is 12.8 Å². The number of aromatic carboxylic acids is 1. The first-order valence-electron chi connectivity index (χ1n) is 5.41. The third kappa shape index (κ3) is 2.62. The first-order chi connectivity index (χ1) is 7.66. The molecule has 1 aliphatic heterocycles. The summed E-state index contributed by atoms with van der Waals surface area (Å²) in [6, 6.07) is 5.47. The largest absolute Gasteiger partial charge is 0.478 e. The molecule has 0 bridgehead atoms. The van der Waals surface area contributed by atoms with Crippen LogP contribution in [-0.4, -0.2) is 29.1 Å². The van der Waals surface area contributed by atoms with Crippen LogP contribution in [0.15, 0.2) is 22.7 Å². The van der Waals surface area contributed by atoms with Crippen molar-refractivity contribution in [3.63, 3.8) is 0 Å². The molecule has 0 unspecified atom stereocenters. The van der Waals surface area contributed by atoms with Crippen molar-refractivity contribution in [2.45, 2.75) is 19.4 Å². The van der Waals surface area contributed by atoms with Gasteiger partial charge in [0.25, 0.3) is 0 Å². The van der Waals surface area contributed by atoms with Crippen molar-refractivity contribution in [1.82, 2.24) is 4.90 Å². The Hall–Kier alpha value is -0.870. The average Bonchev–Trinajstić information content (AvgIpc) is 2.73. The lowest BCUT2D eigenvalue weighted by molar-refractivity contribution is 0.0694. The van der Waals surface area contributed by atoms with E-state index < -0.39 is 5.97 Å². The first-order valence-corrected chi connectivity index (χ1v) is 6.20. The molecule has 0 aromatic heterocycles. The van der Waals surface area contributed by atoms with Crippen molar-refractivity contribution >= 4 is 21.9 Å². The monoisotopic (exact) mass is 283 g/mol. The molecule has 16 heavy (non-hydrogen) atoms. The van der Waals surface area contributed by atoms with Gasteiger partial charge in [0.15, 0.2) is 0 Å². The maximum atomic E-state index is 11.1. The van der Waals surface area contributed by atoms with Gasteiger partial charge in [0.1, 0.15) is 0 Å². The molecule has 0 amide bonds. The van der Waals surface area contributed by atoms with E-state index in [0.717, 1.165) is 29.7 Å². The predicted molar refractivity (Wildman–Crippen MR) is 65.6 cm³/mol. The van der Waals surface area contributed by atoms with Crippen molar-refractivity contribution in [2.24, 2.45) is 0 Å². The van der Waals surface area contributed by atoms with Crippen molar-refractivity contribution < 1.29 is 9.90 Å². The number of nitrogens with zero attached hydrogens (tertiary/aromatic N) is 1. The molecule has 86 valence electrons. The SMILES string of the molecule is O=C(O)c1cc(Br)ccc1CN1CCCC1. The summed E-state index contributed by atoms with van der Waals surface area (Å²) in [5.74, 6) is -0.851. The van der Waals surface area contributed by atoms with Gasteiger partial charge in [-0.05, 0) is 43.6 Å². The zero-order chi connectivity index (χ0) is 11.5. The van der Waals surface area contributed by atoms with Crippen LogP contribution >= 0.6 is 15.9 Å². The molecule has 0 aliphatic carbocycles. The quantitative estimate of drug-likeness (QED) is 0.927. The molecule has 1 aromatic carbocycles. The number of carboxylic acid groups (broad SMARTS) is 1. The highest BCUT2D eigenvalue weighted by molar-refractivity contribution is 9.10. The van der Waals surface area contributed by atoms with Crippen LogP contribution in [0.25, 0.3) is 0 Å². The highest BCUT2D eigenvalue weighted by atomic mass is 79.9. The normalized spacial score (nSPS) is 16.6. The summed E-state index contributed by atoms with van der Waals surface area (Å²) in [5, 5.41) is 9.12. The summed E-state index contributed by atoms with van der Waals surface area (Å²) in [7, 11) is 0. The Labute approximate surface area is 103 Å². The zero-order valence-corrected chi connectivity index (χ0v) is 10.5. The van der Waals surface area contributed by atoms with Crippen molar-refractivity contribution in [3.8, 4) is 0 Å². The van der Waals surface area contributed by atoms with Crippen molar-refractivity contribution in [2.75, 3.05) is 13.1 Å². The van der Waals surface area contributed by atoms with Gasteiger partial charge in [0.2, 0.25) is 0 Å². The predicted octanol–water partition coefficient (Wildman–Crippen LogP) is 2.74. The van der Waals surface area contributed by atoms with E-state index in [2.05, 4.69) is 20.8 Å². The molecule has 4 heteroatoms. The van der Waals surface area contributed by atoms with E-state index in [-0.39, 0.29) is 0 Å². The van der Waals surface area contributed by atoms with Crippen molar-refractivity contribution in [1.29, 1.82) is 0 Å². The van der Waals surface area contributed by atoms with Gasteiger partial charge in [0.05, 0.1) is 5.56 Å². The number of hydrogen-bond acceptors (Lipinski definition) is 2. The van der Waals surface area contributed by atoms with E-state index >= 15 is 0 Å². The summed E-state index contributed by atoms with van der Waals surface area (Å²) in [6.45, 7) is 2.90. The Morgan fingerprint density at radius 3 is 2.69 bits per heavy atom. The second-order valence-electron chi connectivity index (χ2n) is 4.09. The molecule has 1 saturated heterocycles.